The SMILES string of the molecule is COC1CCCCC1[C@H]1CC(=O)NC2CC(C)(C)CC(=O)C21. The fourth-order valence-corrected chi connectivity index (χ4v) is 5.22. The summed E-state index contributed by atoms with van der Waals surface area (Å²) >= 11 is 0. The molecule has 1 amide bonds. The first-order chi connectivity index (χ1) is 10.4. The van der Waals surface area contributed by atoms with Crippen molar-refractivity contribution in [3.05, 3.63) is 0 Å². The highest BCUT2D eigenvalue weighted by Gasteiger charge is 2.51. The minimum Gasteiger partial charge on any atom is -0.381 e. The third-order valence-electron chi connectivity index (χ3n) is 6.07. The molecule has 124 valence electrons. The molecule has 1 N–H and O–H groups in total. The Morgan fingerprint density at radius 2 is 1.86 bits per heavy atom. The second-order valence-corrected chi connectivity index (χ2v) is 8.30. The van der Waals surface area contributed by atoms with Crippen LogP contribution in [0.25, 0.3) is 0 Å². The van der Waals surface area contributed by atoms with Crippen LogP contribution in [0.15, 0.2) is 0 Å². The lowest BCUT2D eigenvalue weighted by Crippen LogP contribution is -2.59. The molecule has 0 radical (unpaired) electrons. The van der Waals surface area contributed by atoms with Gasteiger partial charge in [0.05, 0.1) is 6.10 Å². The average Bonchev–Trinajstić information content (AvgIpc) is 2.44. The molecule has 4 nitrogen and oxygen atoms in total. The van der Waals surface area contributed by atoms with Crippen molar-refractivity contribution >= 4 is 11.7 Å². The van der Waals surface area contributed by atoms with Crippen LogP contribution in [-0.2, 0) is 14.3 Å². The number of rotatable bonds is 2. The number of carbonyl (C=O) groups excluding carboxylic acids is 2. The van der Waals surface area contributed by atoms with E-state index in [1.54, 1.807) is 7.11 Å². The van der Waals surface area contributed by atoms with Crippen LogP contribution in [0.4, 0.5) is 0 Å². The number of fused-ring (bicyclic) bond motifs is 1. The number of piperidine rings is 1. The summed E-state index contributed by atoms with van der Waals surface area (Å²) in [6.45, 7) is 4.27. The Kier molecular flexibility index (Phi) is 4.32. The summed E-state index contributed by atoms with van der Waals surface area (Å²) in [5.74, 6) is 1.02. The number of carbonyl (C=O) groups is 2. The van der Waals surface area contributed by atoms with Gasteiger partial charge in [-0.3, -0.25) is 9.59 Å². The minimum absolute atomic E-state index is 0.000637. The van der Waals surface area contributed by atoms with Crippen LogP contribution in [0.5, 0.6) is 0 Å². The van der Waals surface area contributed by atoms with E-state index in [-0.39, 0.29) is 35.3 Å². The lowest BCUT2D eigenvalue weighted by molar-refractivity contribution is -0.143. The molecule has 3 aliphatic rings. The van der Waals surface area contributed by atoms with E-state index in [4.69, 9.17) is 4.74 Å². The van der Waals surface area contributed by atoms with E-state index in [1.165, 1.54) is 12.8 Å². The van der Waals surface area contributed by atoms with Crippen LogP contribution in [0.2, 0.25) is 0 Å². The number of Topliss-reactive ketones (excluding diaryl/α,β-unsaturated/α-hetero) is 1. The molecule has 2 aliphatic carbocycles. The average molecular weight is 307 g/mol. The normalized spacial score (nSPS) is 41.7. The summed E-state index contributed by atoms with van der Waals surface area (Å²) in [6, 6.07) is 0.0296. The van der Waals surface area contributed by atoms with Crippen molar-refractivity contribution < 1.29 is 14.3 Å². The van der Waals surface area contributed by atoms with Gasteiger partial charge in [-0.25, -0.2) is 0 Å². The Balaban J connectivity index is 1.86. The maximum atomic E-state index is 12.8. The van der Waals surface area contributed by atoms with Crippen molar-refractivity contribution in [2.24, 2.45) is 23.2 Å². The Bertz CT molecular complexity index is 459. The largest absolute Gasteiger partial charge is 0.381 e. The Labute approximate surface area is 133 Å². The van der Waals surface area contributed by atoms with Crippen molar-refractivity contribution in [2.45, 2.75) is 70.9 Å². The molecule has 1 saturated heterocycles. The van der Waals surface area contributed by atoms with Crippen LogP contribution >= 0.6 is 0 Å². The highest BCUT2D eigenvalue weighted by atomic mass is 16.5. The zero-order valence-corrected chi connectivity index (χ0v) is 14.1. The van der Waals surface area contributed by atoms with Gasteiger partial charge in [0.25, 0.3) is 0 Å². The van der Waals surface area contributed by atoms with Gasteiger partial charge in [-0.05, 0) is 36.5 Å². The molecule has 1 aliphatic heterocycles. The predicted octanol–water partition coefficient (Wildman–Crippen LogP) is 2.70. The molecule has 5 atom stereocenters. The highest BCUT2D eigenvalue weighted by molar-refractivity contribution is 5.88. The third-order valence-corrected chi connectivity index (χ3v) is 6.07. The summed E-state index contributed by atoms with van der Waals surface area (Å²) in [7, 11) is 1.77. The van der Waals surface area contributed by atoms with Gasteiger partial charge in [-0.1, -0.05) is 26.7 Å². The molecular weight excluding hydrogens is 278 g/mol. The lowest BCUT2D eigenvalue weighted by atomic mass is 9.59. The molecule has 0 aromatic heterocycles. The minimum atomic E-state index is 0.000637. The first kappa shape index (κ1) is 16.0. The molecule has 4 heteroatoms. The predicted molar refractivity (Wildman–Crippen MR) is 84.3 cm³/mol. The van der Waals surface area contributed by atoms with Crippen molar-refractivity contribution in [1.82, 2.24) is 5.32 Å². The van der Waals surface area contributed by atoms with Crippen LogP contribution in [-0.4, -0.2) is 30.9 Å². The van der Waals surface area contributed by atoms with Crippen LogP contribution in [0.3, 0.4) is 0 Å². The third kappa shape index (κ3) is 2.94. The van der Waals surface area contributed by atoms with Crippen molar-refractivity contribution in [1.29, 1.82) is 0 Å². The van der Waals surface area contributed by atoms with E-state index in [1.807, 2.05) is 0 Å². The molecule has 0 bridgehead atoms. The van der Waals surface area contributed by atoms with E-state index >= 15 is 0 Å². The molecule has 3 fully saturated rings. The monoisotopic (exact) mass is 307 g/mol. The van der Waals surface area contributed by atoms with Crippen LogP contribution in [0.1, 0.15) is 58.8 Å². The summed E-state index contributed by atoms with van der Waals surface area (Å²) in [5, 5.41) is 3.11. The second-order valence-electron chi connectivity index (χ2n) is 8.30. The van der Waals surface area contributed by atoms with E-state index in [9.17, 15) is 9.59 Å². The van der Waals surface area contributed by atoms with Crippen LogP contribution < -0.4 is 5.32 Å². The van der Waals surface area contributed by atoms with E-state index in [0.29, 0.717) is 24.5 Å². The van der Waals surface area contributed by atoms with Gasteiger partial charge in [0.1, 0.15) is 5.78 Å². The number of amides is 1. The molecule has 2 saturated carbocycles. The summed E-state index contributed by atoms with van der Waals surface area (Å²) < 4.78 is 5.71. The summed E-state index contributed by atoms with van der Waals surface area (Å²) in [6.07, 6.45) is 6.82. The molecular formula is C18H29NO3. The first-order valence-corrected chi connectivity index (χ1v) is 8.76. The summed E-state index contributed by atoms with van der Waals surface area (Å²) in [5.41, 5.74) is 0.000637. The van der Waals surface area contributed by atoms with Crippen molar-refractivity contribution in [3.8, 4) is 0 Å². The van der Waals surface area contributed by atoms with Gasteiger partial charge in [0.2, 0.25) is 5.91 Å². The van der Waals surface area contributed by atoms with Crippen molar-refractivity contribution in [2.75, 3.05) is 7.11 Å². The standard InChI is InChI=1S/C18H29NO3/c1-18(2)9-13-17(14(20)10-18)12(8-16(21)19-13)11-6-4-5-7-15(11)22-3/h11-13,15,17H,4-10H2,1-3H3,(H,19,21)/t11?,12-,13?,15?,17?/m1/s1. The van der Waals surface area contributed by atoms with Gasteiger partial charge >= 0.3 is 0 Å². The lowest BCUT2D eigenvalue weighted by Gasteiger charge is -2.49. The number of ketones is 1. The topological polar surface area (TPSA) is 55.4 Å². The zero-order chi connectivity index (χ0) is 15.9. The van der Waals surface area contributed by atoms with Crippen LogP contribution in [0, 0.1) is 23.2 Å². The highest BCUT2D eigenvalue weighted by Crippen LogP contribution is 2.46. The smallest absolute Gasteiger partial charge is 0.220 e. The molecule has 22 heavy (non-hydrogen) atoms. The van der Waals surface area contributed by atoms with Gasteiger partial charge < -0.3 is 10.1 Å². The molecule has 0 aromatic carbocycles. The first-order valence-electron chi connectivity index (χ1n) is 8.76. The Morgan fingerprint density at radius 1 is 1.14 bits per heavy atom. The number of methoxy groups -OCH3 is 1. The molecule has 1 heterocycles. The quantitative estimate of drug-likeness (QED) is 0.853. The molecule has 4 unspecified atom stereocenters. The van der Waals surface area contributed by atoms with Gasteiger partial charge in [-0.2, -0.15) is 0 Å². The fraction of sp³-hybridized carbons (Fsp3) is 0.889. The number of hydrogen-bond donors (Lipinski definition) is 1. The fourth-order valence-electron chi connectivity index (χ4n) is 5.22. The van der Waals surface area contributed by atoms with Gasteiger partial charge in [0, 0.05) is 31.9 Å². The van der Waals surface area contributed by atoms with E-state index in [2.05, 4.69) is 19.2 Å². The maximum Gasteiger partial charge on any atom is 0.220 e. The second kappa shape index (κ2) is 5.95. The maximum absolute atomic E-state index is 12.8. The molecule has 0 spiro atoms. The molecule has 3 rings (SSSR count). The Hall–Kier alpha value is -0.900. The number of hydrogen-bond acceptors (Lipinski definition) is 3. The number of ether oxygens (including phenoxy) is 1. The Morgan fingerprint density at radius 3 is 2.59 bits per heavy atom. The number of nitrogens with one attached hydrogen (secondary N) is 1. The van der Waals surface area contributed by atoms with Crippen molar-refractivity contribution in [3.63, 3.8) is 0 Å². The van der Waals surface area contributed by atoms with E-state index < -0.39 is 0 Å². The van der Waals surface area contributed by atoms with E-state index in [0.717, 1.165) is 19.3 Å². The molecule has 0 aromatic rings. The summed E-state index contributed by atoms with van der Waals surface area (Å²) in [4.78, 5) is 25.0. The van der Waals surface area contributed by atoms with Gasteiger partial charge in [-0.15, -0.1) is 0 Å². The zero-order valence-electron chi connectivity index (χ0n) is 14.1. The van der Waals surface area contributed by atoms with Gasteiger partial charge in [0.15, 0.2) is 0 Å².